The summed E-state index contributed by atoms with van der Waals surface area (Å²) in [5.41, 5.74) is -0.292. The van der Waals surface area contributed by atoms with Gasteiger partial charge in [-0.15, -0.1) is 0 Å². The van der Waals surface area contributed by atoms with Gasteiger partial charge < -0.3 is 25.0 Å². The fourth-order valence-electron chi connectivity index (χ4n) is 5.25. The third-order valence-electron chi connectivity index (χ3n) is 6.61. The van der Waals surface area contributed by atoms with Gasteiger partial charge >= 0.3 is 18.1 Å². The lowest BCUT2D eigenvalue weighted by molar-refractivity contribution is -0.139. The molecule has 0 radical (unpaired) electrons. The van der Waals surface area contributed by atoms with Crippen LogP contribution in [0.1, 0.15) is 100 Å². The Morgan fingerprint density at radius 3 is 2.28 bits per heavy atom. The van der Waals surface area contributed by atoms with Crippen LogP contribution in [-0.4, -0.2) is 60.9 Å². The van der Waals surface area contributed by atoms with Gasteiger partial charge in [-0.25, -0.2) is 14.4 Å². The Labute approximate surface area is 218 Å². The molecular weight excluding hydrogens is 458 g/mol. The number of hydrogen-bond donors (Lipinski definition) is 2. The van der Waals surface area contributed by atoms with Crippen LogP contribution >= 0.6 is 0 Å². The van der Waals surface area contributed by atoms with Gasteiger partial charge in [0, 0.05) is 23.7 Å². The van der Waals surface area contributed by atoms with Crippen molar-refractivity contribution in [3.63, 3.8) is 0 Å². The maximum Gasteiger partial charge on any atom is 0.407 e. The van der Waals surface area contributed by atoms with Crippen LogP contribution in [0.4, 0.5) is 9.59 Å². The SMILES string of the molecule is C=C(C)C(=O)OCCN(C(=O)NC1CC(C)(C)CC(C)(CNC(=O)OCCCCCC)C1)C(C)(C)C. The standard InChI is InChI=1S/C28H51N3O5/c1-10-11-12-13-15-36-25(34)29-20-28(9)18-22(17-27(7,8)19-28)30-24(33)31(26(4,5)6)14-16-35-23(32)21(2)3/h22H,2,10-20H2,1,3-9H3,(H,29,34)(H,30,33). The van der Waals surface area contributed by atoms with Gasteiger partial charge in [0.1, 0.15) is 6.61 Å². The van der Waals surface area contributed by atoms with E-state index in [9.17, 15) is 14.4 Å². The molecule has 0 aromatic rings. The Morgan fingerprint density at radius 2 is 1.69 bits per heavy atom. The normalized spacial score (nSPS) is 21.3. The Hall–Kier alpha value is -2.25. The molecular formula is C28H51N3O5. The van der Waals surface area contributed by atoms with Gasteiger partial charge in [-0.1, -0.05) is 53.5 Å². The van der Waals surface area contributed by atoms with E-state index < -0.39 is 11.5 Å². The van der Waals surface area contributed by atoms with Crippen molar-refractivity contribution in [1.82, 2.24) is 15.5 Å². The lowest BCUT2D eigenvalue weighted by Crippen LogP contribution is -2.57. The van der Waals surface area contributed by atoms with Crippen LogP contribution in [0.3, 0.4) is 0 Å². The molecule has 1 rings (SSSR count). The second kappa shape index (κ2) is 13.9. The van der Waals surface area contributed by atoms with Crippen molar-refractivity contribution in [2.45, 2.75) is 112 Å². The monoisotopic (exact) mass is 509 g/mol. The Bertz CT molecular complexity index is 759. The molecule has 2 N–H and O–H groups in total. The van der Waals surface area contributed by atoms with Gasteiger partial charge in [0.25, 0.3) is 0 Å². The number of amides is 3. The number of alkyl carbamates (subject to hydrolysis) is 1. The molecule has 3 amide bonds. The first-order chi connectivity index (χ1) is 16.6. The second-order valence-corrected chi connectivity index (χ2v) is 12.5. The number of carbonyl (C=O) groups excluding carboxylic acids is 3. The average molecular weight is 510 g/mol. The summed E-state index contributed by atoms with van der Waals surface area (Å²) in [6.45, 7) is 21.1. The van der Waals surface area contributed by atoms with Gasteiger partial charge in [0.2, 0.25) is 0 Å². The van der Waals surface area contributed by atoms with Crippen LogP contribution in [0.5, 0.6) is 0 Å². The highest BCUT2D eigenvalue weighted by atomic mass is 16.5. The zero-order valence-corrected chi connectivity index (χ0v) is 24.1. The molecule has 0 saturated heterocycles. The molecule has 36 heavy (non-hydrogen) atoms. The zero-order valence-electron chi connectivity index (χ0n) is 24.1. The van der Waals surface area contributed by atoms with E-state index in [0.717, 1.165) is 44.9 Å². The highest BCUT2D eigenvalue weighted by molar-refractivity contribution is 5.86. The number of rotatable bonds is 12. The van der Waals surface area contributed by atoms with Gasteiger partial charge in [-0.05, 0) is 64.2 Å². The lowest BCUT2D eigenvalue weighted by atomic mass is 9.62. The van der Waals surface area contributed by atoms with Crippen LogP contribution in [0.2, 0.25) is 0 Å². The van der Waals surface area contributed by atoms with Crippen molar-refractivity contribution in [2.24, 2.45) is 10.8 Å². The summed E-state index contributed by atoms with van der Waals surface area (Å²) < 4.78 is 10.6. The highest BCUT2D eigenvalue weighted by Crippen LogP contribution is 2.45. The Morgan fingerprint density at radius 1 is 1.03 bits per heavy atom. The van der Waals surface area contributed by atoms with Crippen molar-refractivity contribution in [2.75, 3.05) is 26.3 Å². The lowest BCUT2D eigenvalue weighted by Gasteiger charge is -2.47. The Balaban J connectivity index is 2.73. The molecule has 1 fully saturated rings. The van der Waals surface area contributed by atoms with Crippen LogP contribution in [0, 0.1) is 10.8 Å². The number of nitrogens with zero attached hydrogens (tertiary/aromatic N) is 1. The highest BCUT2D eigenvalue weighted by Gasteiger charge is 2.42. The Kier molecular flexibility index (Phi) is 12.3. The van der Waals surface area contributed by atoms with E-state index in [2.05, 4.69) is 44.9 Å². The molecule has 1 aliphatic rings. The topological polar surface area (TPSA) is 97.0 Å². The largest absolute Gasteiger partial charge is 0.460 e. The third kappa shape index (κ3) is 11.7. The second-order valence-electron chi connectivity index (χ2n) is 12.5. The van der Waals surface area contributed by atoms with E-state index in [4.69, 9.17) is 9.47 Å². The fourth-order valence-corrected chi connectivity index (χ4v) is 5.25. The molecule has 0 aromatic heterocycles. The molecule has 0 aromatic carbocycles. The minimum Gasteiger partial charge on any atom is -0.460 e. The molecule has 0 aliphatic heterocycles. The van der Waals surface area contributed by atoms with Crippen LogP contribution in [-0.2, 0) is 14.3 Å². The van der Waals surface area contributed by atoms with Gasteiger partial charge in [0.15, 0.2) is 0 Å². The van der Waals surface area contributed by atoms with Crippen LogP contribution in [0.25, 0.3) is 0 Å². The summed E-state index contributed by atoms with van der Waals surface area (Å²) >= 11 is 0. The summed E-state index contributed by atoms with van der Waals surface area (Å²) in [6.07, 6.45) is 6.41. The molecule has 8 heteroatoms. The number of esters is 1. The average Bonchev–Trinajstić information content (AvgIpc) is 2.72. The maximum absolute atomic E-state index is 13.3. The number of nitrogens with one attached hydrogen (secondary N) is 2. The van der Waals surface area contributed by atoms with Crippen molar-refractivity contribution in [3.8, 4) is 0 Å². The molecule has 1 aliphatic carbocycles. The summed E-state index contributed by atoms with van der Waals surface area (Å²) in [5.74, 6) is -0.457. The predicted molar refractivity (Wildman–Crippen MR) is 144 cm³/mol. The summed E-state index contributed by atoms with van der Waals surface area (Å²) in [5, 5.41) is 6.17. The van der Waals surface area contributed by atoms with E-state index in [-0.39, 0.29) is 42.1 Å². The van der Waals surface area contributed by atoms with E-state index in [1.165, 1.54) is 0 Å². The fraction of sp³-hybridized carbons (Fsp3) is 0.821. The molecule has 0 bridgehead atoms. The van der Waals surface area contributed by atoms with Crippen LogP contribution < -0.4 is 10.6 Å². The molecule has 2 atom stereocenters. The van der Waals surface area contributed by atoms with E-state index >= 15 is 0 Å². The summed E-state index contributed by atoms with van der Waals surface area (Å²) in [4.78, 5) is 39.0. The smallest absolute Gasteiger partial charge is 0.407 e. The first-order valence-corrected chi connectivity index (χ1v) is 13.4. The van der Waals surface area contributed by atoms with Crippen LogP contribution in [0.15, 0.2) is 12.2 Å². The van der Waals surface area contributed by atoms with Gasteiger partial charge in [0.05, 0.1) is 13.2 Å². The number of carbonyl (C=O) groups is 3. The molecule has 2 unspecified atom stereocenters. The van der Waals surface area contributed by atoms with E-state index in [1.807, 2.05) is 20.8 Å². The predicted octanol–water partition coefficient (Wildman–Crippen LogP) is 5.81. The minimum atomic E-state index is -0.457. The number of hydrogen-bond acceptors (Lipinski definition) is 5. The molecule has 208 valence electrons. The van der Waals surface area contributed by atoms with Gasteiger partial charge in [-0.3, -0.25) is 0 Å². The molecule has 0 spiro atoms. The van der Waals surface area contributed by atoms with E-state index in [0.29, 0.717) is 18.7 Å². The number of urea groups is 1. The minimum absolute atomic E-state index is 0.000262. The van der Waals surface area contributed by atoms with Gasteiger partial charge in [-0.2, -0.15) is 0 Å². The maximum atomic E-state index is 13.3. The zero-order chi connectivity index (χ0) is 27.6. The van der Waals surface area contributed by atoms with Crippen molar-refractivity contribution in [3.05, 3.63) is 12.2 Å². The first kappa shape index (κ1) is 31.8. The van der Waals surface area contributed by atoms with Crippen molar-refractivity contribution >= 4 is 18.1 Å². The molecule has 0 heterocycles. The van der Waals surface area contributed by atoms with Crippen molar-refractivity contribution < 1.29 is 23.9 Å². The first-order valence-electron chi connectivity index (χ1n) is 13.4. The summed E-state index contributed by atoms with van der Waals surface area (Å²) in [7, 11) is 0. The van der Waals surface area contributed by atoms with Crippen molar-refractivity contribution in [1.29, 1.82) is 0 Å². The number of ether oxygens (including phenoxy) is 2. The quantitative estimate of drug-likeness (QED) is 0.197. The summed E-state index contributed by atoms with van der Waals surface area (Å²) in [6, 6.07) is -0.223. The molecule has 8 nitrogen and oxygen atoms in total. The third-order valence-corrected chi connectivity index (χ3v) is 6.61. The number of unbranched alkanes of at least 4 members (excludes halogenated alkanes) is 3. The molecule has 1 saturated carbocycles. The van der Waals surface area contributed by atoms with E-state index in [1.54, 1.807) is 11.8 Å².